The van der Waals surface area contributed by atoms with Gasteiger partial charge < -0.3 is 10.5 Å². The Morgan fingerprint density at radius 2 is 1.95 bits per heavy atom. The molecule has 0 aliphatic carbocycles. The number of aromatic nitrogens is 2. The Labute approximate surface area is 122 Å². The molecule has 1 saturated heterocycles. The van der Waals surface area contributed by atoms with Crippen molar-refractivity contribution in [3.8, 4) is 5.88 Å². The molecule has 5 heteroatoms. The van der Waals surface area contributed by atoms with Crippen LogP contribution in [0.4, 0.5) is 0 Å². The molecule has 2 N–H and O–H groups in total. The van der Waals surface area contributed by atoms with Gasteiger partial charge in [-0.05, 0) is 25.2 Å². The highest BCUT2D eigenvalue weighted by Gasteiger charge is 2.32. The summed E-state index contributed by atoms with van der Waals surface area (Å²) in [5, 5.41) is 4.49. The fourth-order valence-electron chi connectivity index (χ4n) is 3.69. The molecule has 0 amide bonds. The zero-order chi connectivity index (χ0) is 14.9. The van der Waals surface area contributed by atoms with Crippen LogP contribution in [0.25, 0.3) is 0 Å². The first-order valence-corrected chi connectivity index (χ1v) is 7.49. The average molecular weight is 280 g/mol. The van der Waals surface area contributed by atoms with Crippen molar-refractivity contribution in [2.24, 2.45) is 24.6 Å². The lowest BCUT2D eigenvalue weighted by atomic mass is 9.89. The van der Waals surface area contributed by atoms with Gasteiger partial charge in [-0.3, -0.25) is 4.90 Å². The Bertz CT molecular complexity index is 447. The molecule has 3 atom stereocenters. The van der Waals surface area contributed by atoms with Crippen molar-refractivity contribution in [3.63, 3.8) is 0 Å². The van der Waals surface area contributed by atoms with Gasteiger partial charge in [-0.2, -0.15) is 5.10 Å². The number of hydrogen-bond donors (Lipinski definition) is 1. The summed E-state index contributed by atoms with van der Waals surface area (Å²) in [6, 6.07) is 0.198. The van der Waals surface area contributed by atoms with E-state index >= 15 is 0 Å². The minimum absolute atomic E-state index is 0.198. The lowest BCUT2D eigenvalue weighted by Crippen LogP contribution is -2.43. The second-order valence-electron chi connectivity index (χ2n) is 6.28. The van der Waals surface area contributed by atoms with Gasteiger partial charge >= 0.3 is 0 Å². The summed E-state index contributed by atoms with van der Waals surface area (Å²) in [7, 11) is 3.62. The van der Waals surface area contributed by atoms with E-state index in [2.05, 4.69) is 23.8 Å². The summed E-state index contributed by atoms with van der Waals surface area (Å²) in [6.07, 6.45) is 1.30. The Balaban J connectivity index is 2.32. The van der Waals surface area contributed by atoms with E-state index in [1.165, 1.54) is 6.42 Å². The summed E-state index contributed by atoms with van der Waals surface area (Å²) in [5.74, 6) is 2.27. The number of nitrogens with zero attached hydrogens (tertiary/aromatic N) is 3. The highest BCUT2D eigenvalue weighted by atomic mass is 16.5. The zero-order valence-corrected chi connectivity index (χ0v) is 13.4. The predicted octanol–water partition coefficient (Wildman–Crippen LogP) is 1.71. The molecule has 3 unspecified atom stereocenters. The number of nitrogens with two attached hydrogens (primary N) is 1. The van der Waals surface area contributed by atoms with Crippen molar-refractivity contribution in [1.29, 1.82) is 0 Å². The van der Waals surface area contributed by atoms with Gasteiger partial charge in [0.05, 0.1) is 24.4 Å². The molecule has 0 radical (unpaired) electrons. The quantitative estimate of drug-likeness (QED) is 0.912. The molecule has 1 fully saturated rings. The number of hydrogen-bond acceptors (Lipinski definition) is 4. The van der Waals surface area contributed by atoms with Crippen LogP contribution in [0.3, 0.4) is 0 Å². The minimum Gasteiger partial charge on any atom is -0.481 e. The van der Waals surface area contributed by atoms with Crippen molar-refractivity contribution < 1.29 is 4.74 Å². The van der Waals surface area contributed by atoms with Crippen LogP contribution in [0.5, 0.6) is 5.88 Å². The smallest absolute Gasteiger partial charge is 0.216 e. The molecule has 0 bridgehead atoms. The molecule has 0 aromatic carbocycles. The van der Waals surface area contributed by atoms with Gasteiger partial charge in [0.1, 0.15) is 0 Å². The first-order valence-electron chi connectivity index (χ1n) is 7.49. The van der Waals surface area contributed by atoms with Crippen molar-refractivity contribution in [2.45, 2.75) is 33.2 Å². The van der Waals surface area contributed by atoms with Crippen LogP contribution in [-0.2, 0) is 7.05 Å². The van der Waals surface area contributed by atoms with Gasteiger partial charge in [0, 0.05) is 26.7 Å². The molecule has 2 rings (SSSR count). The van der Waals surface area contributed by atoms with Gasteiger partial charge in [-0.25, -0.2) is 4.68 Å². The van der Waals surface area contributed by atoms with E-state index in [0.717, 1.165) is 42.1 Å². The second-order valence-corrected chi connectivity index (χ2v) is 6.28. The minimum atomic E-state index is 0.198. The first-order chi connectivity index (χ1) is 9.47. The standard InChI is InChI=1S/C15H28N4O/c1-10-6-11(2)9-19(8-10)13(7-16)14-12(3)17-18(4)15(14)20-5/h10-11,13H,6-9,16H2,1-5H3. The van der Waals surface area contributed by atoms with E-state index in [4.69, 9.17) is 10.5 Å². The third-order valence-electron chi connectivity index (χ3n) is 4.30. The van der Waals surface area contributed by atoms with Crippen LogP contribution in [-0.4, -0.2) is 41.4 Å². The predicted molar refractivity (Wildman–Crippen MR) is 80.8 cm³/mol. The molecule has 0 spiro atoms. The summed E-state index contributed by atoms with van der Waals surface area (Å²) >= 11 is 0. The normalized spacial score (nSPS) is 25.7. The molecule has 1 aromatic heterocycles. The Kier molecular flexibility index (Phi) is 4.70. The van der Waals surface area contributed by atoms with Crippen LogP contribution in [0.15, 0.2) is 0 Å². The third kappa shape index (κ3) is 2.83. The molecule has 1 aliphatic rings. The van der Waals surface area contributed by atoms with Crippen LogP contribution in [0.2, 0.25) is 0 Å². The fraction of sp³-hybridized carbons (Fsp3) is 0.800. The molecular weight excluding hydrogens is 252 g/mol. The number of aryl methyl sites for hydroxylation is 2. The lowest BCUT2D eigenvalue weighted by molar-refractivity contribution is 0.0966. The molecule has 20 heavy (non-hydrogen) atoms. The molecule has 2 heterocycles. The van der Waals surface area contributed by atoms with Crippen LogP contribution < -0.4 is 10.5 Å². The molecular formula is C15H28N4O. The highest BCUT2D eigenvalue weighted by molar-refractivity contribution is 5.34. The van der Waals surface area contributed by atoms with Crippen molar-refractivity contribution in [1.82, 2.24) is 14.7 Å². The summed E-state index contributed by atoms with van der Waals surface area (Å²) in [6.45, 7) is 9.49. The van der Waals surface area contributed by atoms with E-state index < -0.39 is 0 Å². The van der Waals surface area contributed by atoms with Crippen LogP contribution in [0, 0.1) is 18.8 Å². The van der Waals surface area contributed by atoms with Gasteiger partial charge in [-0.1, -0.05) is 13.8 Å². The number of likely N-dealkylation sites (tertiary alicyclic amines) is 1. The highest BCUT2D eigenvalue weighted by Crippen LogP contribution is 2.34. The van der Waals surface area contributed by atoms with E-state index in [1.807, 2.05) is 18.7 Å². The van der Waals surface area contributed by atoms with Gasteiger partial charge in [0.25, 0.3) is 0 Å². The SMILES string of the molecule is COc1c(C(CN)N2CC(C)CC(C)C2)c(C)nn1C. The lowest BCUT2D eigenvalue weighted by Gasteiger charge is -2.39. The van der Waals surface area contributed by atoms with Crippen molar-refractivity contribution >= 4 is 0 Å². The third-order valence-corrected chi connectivity index (χ3v) is 4.30. The Morgan fingerprint density at radius 1 is 1.35 bits per heavy atom. The maximum atomic E-state index is 6.09. The maximum absolute atomic E-state index is 6.09. The number of piperidine rings is 1. The number of rotatable bonds is 4. The van der Waals surface area contributed by atoms with E-state index in [-0.39, 0.29) is 6.04 Å². The fourth-order valence-corrected chi connectivity index (χ4v) is 3.69. The number of ether oxygens (including phenoxy) is 1. The summed E-state index contributed by atoms with van der Waals surface area (Å²) in [5.41, 5.74) is 8.26. The zero-order valence-electron chi connectivity index (χ0n) is 13.4. The van der Waals surface area contributed by atoms with E-state index in [1.54, 1.807) is 7.11 Å². The summed E-state index contributed by atoms with van der Waals surface area (Å²) in [4.78, 5) is 2.51. The maximum Gasteiger partial charge on any atom is 0.216 e. The van der Waals surface area contributed by atoms with E-state index in [9.17, 15) is 0 Å². The van der Waals surface area contributed by atoms with Crippen LogP contribution >= 0.6 is 0 Å². The Hall–Kier alpha value is -1.07. The van der Waals surface area contributed by atoms with Gasteiger partial charge in [0.2, 0.25) is 5.88 Å². The molecule has 5 nitrogen and oxygen atoms in total. The molecule has 1 aromatic rings. The Morgan fingerprint density at radius 3 is 2.45 bits per heavy atom. The average Bonchev–Trinajstić information content (AvgIpc) is 2.64. The second kappa shape index (κ2) is 6.14. The largest absolute Gasteiger partial charge is 0.481 e. The number of methoxy groups -OCH3 is 1. The van der Waals surface area contributed by atoms with E-state index in [0.29, 0.717) is 6.54 Å². The monoisotopic (exact) mass is 280 g/mol. The van der Waals surface area contributed by atoms with Crippen molar-refractivity contribution in [2.75, 3.05) is 26.7 Å². The first kappa shape index (κ1) is 15.3. The van der Waals surface area contributed by atoms with Crippen molar-refractivity contribution in [3.05, 3.63) is 11.3 Å². The van der Waals surface area contributed by atoms with Gasteiger partial charge in [-0.15, -0.1) is 0 Å². The van der Waals surface area contributed by atoms with Gasteiger partial charge in [0.15, 0.2) is 0 Å². The molecule has 1 aliphatic heterocycles. The molecule has 0 saturated carbocycles. The molecule has 114 valence electrons. The topological polar surface area (TPSA) is 56.3 Å². The van der Waals surface area contributed by atoms with Crippen LogP contribution in [0.1, 0.15) is 37.6 Å². The summed E-state index contributed by atoms with van der Waals surface area (Å²) < 4.78 is 7.35.